The third kappa shape index (κ3) is 3.85. The van der Waals surface area contributed by atoms with Crippen molar-refractivity contribution in [3.8, 4) is 0 Å². The predicted octanol–water partition coefficient (Wildman–Crippen LogP) is 2.00. The van der Waals surface area contributed by atoms with Gasteiger partial charge in [0.2, 0.25) is 5.91 Å². The summed E-state index contributed by atoms with van der Waals surface area (Å²) in [5.41, 5.74) is 1.70. The molecule has 2 N–H and O–H groups in total. The number of rotatable bonds is 2. The van der Waals surface area contributed by atoms with E-state index in [-0.39, 0.29) is 24.4 Å². The molecule has 0 radical (unpaired) electrons. The average Bonchev–Trinajstić information content (AvgIpc) is 2.34. The number of anilines is 1. The van der Waals surface area contributed by atoms with Gasteiger partial charge in [-0.3, -0.25) is 4.79 Å². The molecule has 0 bridgehead atoms. The highest BCUT2D eigenvalue weighted by molar-refractivity contribution is 6.33. The number of morpholine rings is 1. The molecule has 18 heavy (non-hydrogen) atoms. The van der Waals surface area contributed by atoms with E-state index in [1.54, 1.807) is 6.07 Å². The van der Waals surface area contributed by atoms with Crippen molar-refractivity contribution >= 4 is 35.6 Å². The van der Waals surface area contributed by atoms with Gasteiger partial charge in [0, 0.05) is 6.54 Å². The minimum Gasteiger partial charge on any atom is -0.378 e. The second-order valence-electron chi connectivity index (χ2n) is 4.05. The van der Waals surface area contributed by atoms with Gasteiger partial charge in [0.15, 0.2) is 0 Å². The fourth-order valence-electron chi connectivity index (χ4n) is 1.68. The summed E-state index contributed by atoms with van der Waals surface area (Å²) in [6, 6.07) is 5.23. The molecule has 4 nitrogen and oxygen atoms in total. The summed E-state index contributed by atoms with van der Waals surface area (Å²) < 4.78 is 5.23. The van der Waals surface area contributed by atoms with Crippen LogP contribution in [0.1, 0.15) is 5.56 Å². The van der Waals surface area contributed by atoms with Crippen LogP contribution in [0.4, 0.5) is 5.69 Å². The van der Waals surface area contributed by atoms with Gasteiger partial charge in [0.1, 0.15) is 6.04 Å². The lowest BCUT2D eigenvalue weighted by molar-refractivity contribution is -0.120. The average molecular weight is 291 g/mol. The van der Waals surface area contributed by atoms with Crippen LogP contribution in [0, 0.1) is 6.92 Å². The summed E-state index contributed by atoms with van der Waals surface area (Å²) in [5, 5.41) is 6.43. The zero-order valence-corrected chi connectivity index (χ0v) is 11.6. The van der Waals surface area contributed by atoms with Crippen molar-refractivity contribution in [2.75, 3.05) is 25.1 Å². The molecule has 0 aliphatic carbocycles. The lowest BCUT2D eigenvalue weighted by Gasteiger charge is -2.23. The molecule has 100 valence electrons. The Bertz CT molecular complexity index is 421. The molecule has 1 amide bonds. The lowest BCUT2D eigenvalue weighted by Crippen LogP contribution is -2.48. The quantitative estimate of drug-likeness (QED) is 0.876. The number of amides is 1. The van der Waals surface area contributed by atoms with Gasteiger partial charge in [-0.05, 0) is 24.6 Å². The maximum atomic E-state index is 11.9. The zero-order valence-electron chi connectivity index (χ0n) is 10.0. The smallest absolute Gasteiger partial charge is 0.243 e. The number of carbonyl (C=O) groups excluding carboxylic acids is 1. The van der Waals surface area contributed by atoms with Crippen LogP contribution < -0.4 is 10.6 Å². The monoisotopic (exact) mass is 290 g/mol. The Kier molecular flexibility index (Phi) is 5.88. The molecule has 1 heterocycles. The van der Waals surface area contributed by atoms with E-state index in [0.29, 0.717) is 30.5 Å². The molecule has 1 aromatic rings. The van der Waals surface area contributed by atoms with Crippen molar-refractivity contribution in [1.29, 1.82) is 0 Å². The van der Waals surface area contributed by atoms with Crippen LogP contribution in [-0.4, -0.2) is 31.7 Å². The van der Waals surface area contributed by atoms with Gasteiger partial charge in [-0.1, -0.05) is 17.7 Å². The second kappa shape index (κ2) is 6.95. The van der Waals surface area contributed by atoms with Crippen molar-refractivity contribution in [3.63, 3.8) is 0 Å². The first-order chi connectivity index (χ1) is 8.16. The van der Waals surface area contributed by atoms with E-state index >= 15 is 0 Å². The van der Waals surface area contributed by atoms with E-state index in [2.05, 4.69) is 10.6 Å². The van der Waals surface area contributed by atoms with E-state index in [0.717, 1.165) is 5.56 Å². The van der Waals surface area contributed by atoms with Crippen molar-refractivity contribution in [2.45, 2.75) is 13.0 Å². The Morgan fingerprint density at radius 2 is 2.33 bits per heavy atom. The molecule has 1 aromatic carbocycles. The van der Waals surface area contributed by atoms with E-state index in [4.69, 9.17) is 16.3 Å². The lowest BCUT2D eigenvalue weighted by atomic mass is 10.2. The van der Waals surface area contributed by atoms with Crippen LogP contribution in [0.25, 0.3) is 0 Å². The van der Waals surface area contributed by atoms with Gasteiger partial charge in [0.25, 0.3) is 0 Å². The summed E-state index contributed by atoms with van der Waals surface area (Å²) in [6.45, 7) is 3.69. The number of nitrogens with one attached hydrogen (secondary N) is 2. The van der Waals surface area contributed by atoms with Crippen LogP contribution in [-0.2, 0) is 9.53 Å². The summed E-state index contributed by atoms with van der Waals surface area (Å²) >= 11 is 6.05. The zero-order chi connectivity index (χ0) is 12.3. The fraction of sp³-hybridized carbons (Fsp3) is 0.417. The molecule has 1 unspecified atom stereocenters. The number of hydrogen-bond acceptors (Lipinski definition) is 3. The third-order valence-electron chi connectivity index (χ3n) is 2.62. The molecule has 2 rings (SSSR count). The van der Waals surface area contributed by atoms with Crippen LogP contribution in [0.5, 0.6) is 0 Å². The minimum absolute atomic E-state index is 0. The summed E-state index contributed by atoms with van der Waals surface area (Å²) in [5.74, 6) is -0.115. The number of benzene rings is 1. The van der Waals surface area contributed by atoms with Crippen molar-refractivity contribution < 1.29 is 9.53 Å². The molecule has 1 saturated heterocycles. The van der Waals surface area contributed by atoms with Crippen LogP contribution in [0.2, 0.25) is 5.02 Å². The van der Waals surface area contributed by atoms with Crippen LogP contribution in [0.3, 0.4) is 0 Å². The first-order valence-corrected chi connectivity index (χ1v) is 5.93. The second-order valence-corrected chi connectivity index (χ2v) is 4.46. The maximum Gasteiger partial charge on any atom is 0.243 e. The molecular weight excluding hydrogens is 275 g/mol. The molecule has 0 saturated carbocycles. The Morgan fingerprint density at radius 3 is 2.94 bits per heavy atom. The van der Waals surface area contributed by atoms with Gasteiger partial charge in [-0.2, -0.15) is 0 Å². The predicted molar refractivity (Wildman–Crippen MR) is 74.7 cm³/mol. The fourth-order valence-corrected chi connectivity index (χ4v) is 1.96. The first-order valence-electron chi connectivity index (χ1n) is 5.55. The molecule has 0 aromatic heterocycles. The Morgan fingerprint density at radius 1 is 1.56 bits per heavy atom. The topological polar surface area (TPSA) is 50.4 Å². The van der Waals surface area contributed by atoms with E-state index in [1.165, 1.54) is 0 Å². The maximum absolute atomic E-state index is 11.9. The van der Waals surface area contributed by atoms with Gasteiger partial charge in [-0.25, -0.2) is 0 Å². The molecule has 1 atom stereocenters. The highest BCUT2D eigenvalue weighted by atomic mass is 35.5. The molecule has 1 fully saturated rings. The number of carbonyl (C=O) groups is 1. The molecular formula is C12H16Cl2N2O2. The first kappa shape index (κ1) is 15.2. The SMILES string of the molecule is Cc1ccc(NC(=O)C2COCCN2)c(Cl)c1.Cl. The number of hydrogen-bond donors (Lipinski definition) is 2. The van der Waals surface area contributed by atoms with Gasteiger partial charge in [-0.15, -0.1) is 12.4 Å². The Balaban J connectivity index is 0.00000162. The summed E-state index contributed by atoms with van der Waals surface area (Å²) in [7, 11) is 0. The Labute approximate surface area is 117 Å². The summed E-state index contributed by atoms with van der Waals surface area (Å²) in [6.07, 6.45) is 0. The van der Waals surface area contributed by atoms with E-state index in [1.807, 2.05) is 19.1 Å². The molecule has 1 aliphatic rings. The van der Waals surface area contributed by atoms with Gasteiger partial charge < -0.3 is 15.4 Å². The van der Waals surface area contributed by atoms with Crippen molar-refractivity contribution in [3.05, 3.63) is 28.8 Å². The highest BCUT2D eigenvalue weighted by Crippen LogP contribution is 2.22. The van der Waals surface area contributed by atoms with Gasteiger partial charge in [0.05, 0.1) is 23.9 Å². The largest absolute Gasteiger partial charge is 0.378 e. The van der Waals surface area contributed by atoms with Crippen molar-refractivity contribution in [2.24, 2.45) is 0 Å². The molecule has 0 spiro atoms. The minimum atomic E-state index is -0.305. The van der Waals surface area contributed by atoms with E-state index in [9.17, 15) is 4.79 Å². The summed E-state index contributed by atoms with van der Waals surface area (Å²) in [4.78, 5) is 11.9. The number of aryl methyl sites for hydroxylation is 1. The highest BCUT2D eigenvalue weighted by Gasteiger charge is 2.21. The standard InChI is InChI=1S/C12H15ClN2O2.ClH/c1-8-2-3-10(9(13)6-8)15-12(16)11-7-17-5-4-14-11;/h2-3,6,11,14H,4-5,7H2,1H3,(H,15,16);1H. The number of halogens is 2. The number of ether oxygens (including phenoxy) is 1. The third-order valence-corrected chi connectivity index (χ3v) is 2.93. The molecule has 1 aliphatic heterocycles. The molecule has 6 heteroatoms. The van der Waals surface area contributed by atoms with Crippen LogP contribution in [0.15, 0.2) is 18.2 Å². The Hall–Kier alpha value is -0.810. The van der Waals surface area contributed by atoms with Crippen molar-refractivity contribution in [1.82, 2.24) is 5.32 Å². The van der Waals surface area contributed by atoms with Crippen LogP contribution >= 0.6 is 24.0 Å². The normalized spacial score (nSPS) is 18.9. The van der Waals surface area contributed by atoms with Gasteiger partial charge >= 0.3 is 0 Å². The van der Waals surface area contributed by atoms with E-state index < -0.39 is 0 Å².